The van der Waals surface area contributed by atoms with Gasteiger partial charge in [0.15, 0.2) is 0 Å². The second-order valence-corrected chi connectivity index (χ2v) is 8.53. The van der Waals surface area contributed by atoms with E-state index >= 15 is 0 Å². The van der Waals surface area contributed by atoms with Gasteiger partial charge < -0.3 is 4.74 Å². The second kappa shape index (κ2) is 10.1. The summed E-state index contributed by atoms with van der Waals surface area (Å²) in [6, 6.07) is 10.1. The number of hydrogen-bond acceptors (Lipinski definition) is 6. The topological polar surface area (TPSA) is 119 Å². The third-order valence-corrected chi connectivity index (χ3v) is 5.65. The number of anilines is 1. The fourth-order valence-electron chi connectivity index (χ4n) is 3.40. The lowest BCUT2D eigenvalue weighted by atomic mass is 10.1. The number of amides is 4. The minimum atomic E-state index is -4.83. The van der Waals surface area contributed by atoms with E-state index in [0.29, 0.717) is 22.1 Å². The van der Waals surface area contributed by atoms with Gasteiger partial charge in [0.05, 0.1) is 16.2 Å². The molecule has 0 radical (unpaired) electrons. The highest BCUT2D eigenvalue weighted by Crippen LogP contribution is 2.39. The molecule has 1 aliphatic heterocycles. The Morgan fingerprint density at radius 3 is 2.18 bits per heavy atom. The standard InChI is InChI=1S/C24H12Cl2F3N3O6/c25-14-2-5-16(6-3-14)31-22(34)17(21(33)30-23(31)35)10-12-9-15(26)4-8-19(12)38-20-7-1-13(24(27,28)29)11-18(20)32(36)37/h1-11H,(H,30,33,35)/b17-10+. The van der Waals surface area contributed by atoms with E-state index in [1.807, 2.05) is 5.32 Å². The zero-order chi connectivity index (χ0) is 27.8. The van der Waals surface area contributed by atoms with Crippen molar-refractivity contribution in [1.29, 1.82) is 0 Å². The van der Waals surface area contributed by atoms with Crippen LogP contribution in [0.4, 0.5) is 29.3 Å². The fraction of sp³-hybridized carbons (Fsp3) is 0.0417. The van der Waals surface area contributed by atoms with Gasteiger partial charge in [-0.2, -0.15) is 13.2 Å². The molecule has 1 heterocycles. The molecule has 194 valence electrons. The highest BCUT2D eigenvalue weighted by molar-refractivity contribution is 6.39. The normalized spacial score (nSPS) is 15.0. The van der Waals surface area contributed by atoms with Crippen LogP contribution in [0.5, 0.6) is 11.5 Å². The maximum Gasteiger partial charge on any atom is 0.416 e. The van der Waals surface area contributed by atoms with E-state index in [9.17, 15) is 37.7 Å². The quantitative estimate of drug-likeness (QED) is 0.166. The minimum absolute atomic E-state index is 0.0319. The van der Waals surface area contributed by atoms with E-state index in [1.54, 1.807) is 0 Å². The summed E-state index contributed by atoms with van der Waals surface area (Å²) in [6.07, 6.45) is -3.80. The Morgan fingerprint density at radius 1 is 0.921 bits per heavy atom. The van der Waals surface area contributed by atoms with Gasteiger partial charge in [0.25, 0.3) is 11.8 Å². The van der Waals surface area contributed by atoms with Gasteiger partial charge >= 0.3 is 17.9 Å². The van der Waals surface area contributed by atoms with Crippen LogP contribution in [0.2, 0.25) is 10.0 Å². The first kappa shape index (κ1) is 26.6. The van der Waals surface area contributed by atoms with Gasteiger partial charge in [-0.25, -0.2) is 9.69 Å². The van der Waals surface area contributed by atoms with E-state index in [1.165, 1.54) is 42.5 Å². The van der Waals surface area contributed by atoms with Gasteiger partial charge in [-0.1, -0.05) is 23.2 Å². The predicted octanol–water partition coefficient (Wildman–Crippen LogP) is 6.38. The third kappa shape index (κ3) is 5.45. The molecule has 3 aromatic rings. The van der Waals surface area contributed by atoms with Crippen molar-refractivity contribution in [1.82, 2.24) is 5.32 Å². The number of barbiturate groups is 1. The molecule has 0 aromatic heterocycles. The number of rotatable bonds is 5. The van der Waals surface area contributed by atoms with Crippen LogP contribution in [-0.2, 0) is 15.8 Å². The lowest BCUT2D eigenvalue weighted by molar-refractivity contribution is -0.385. The molecule has 1 aliphatic rings. The number of carbonyl (C=O) groups is 3. The number of carbonyl (C=O) groups excluding carboxylic acids is 3. The van der Waals surface area contributed by atoms with E-state index in [0.717, 1.165) is 12.1 Å². The summed E-state index contributed by atoms with van der Waals surface area (Å²) >= 11 is 11.9. The molecule has 0 aliphatic carbocycles. The molecule has 0 bridgehead atoms. The zero-order valence-electron chi connectivity index (χ0n) is 18.6. The number of nitrogens with one attached hydrogen (secondary N) is 1. The Kier molecular flexibility index (Phi) is 7.11. The summed E-state index contributed by atoms with van der Waals surface area (Å²) in [5.41, 5.74) is -2.67. The van der Waals surface area contributed by atoms with Gasteiger partial charge in [0.2, 0.25) is 5.75 Å². The van der Waals surface area contributed by atoms with Crippen LogP contribution in [0, 0.1) is 10.1 Å². The molecule has 3 aromatic carbocycles. The van der Waals surface area contributed by atoms with Crippen LogP contribution >= 0.6 is 23.2 Å². The molecule has 0 spiro atoms. The van der Waals surface area contributed by atoms with Crippen molar-refractivity contribution in [2.24, 2.45) is 0 Å². The number of nitro groups is 1. The molecular formula is C24H12Cl2F3N3O6. The van der Waals surface area contributed by atoms with Crippen LogP contribution in [0.1, 0.15) is 11.1 Å². The molecular weight excluding hydrogens is 554 g/mol. The van der Waals surface area contributed by atoms with Crippen molar-refractivity contribution in [2.75, 3.05) is 4.90 Å². The molecule has 9 nitrogen and oxygen atoms in total. The van der Waals surface area contributed by atoms with Crippen LogP contribution < -0.4 is 15.0 Å². The molecule has 4 amide bonds. The van der Waals surface area contributed by atoms with Crippen molar-refractivity contribution in [3.63, 3.8) is 0 Å². The van der Waals surface area contributed by atoms with Crippen molar-refractivity contribution < 1.29 is 37.2 Å². The fourth-order valence-corrected chi connectivity index (χ4v) is 3.71. The van der Waals surface area contributed by atoms with E-state index in [2.05, 4.69) is 0 Å². The molecule has 0 saturated carbocycles. The summed E-state index contributed by atoms with van der Waals surface area (Å²) in [5, 5.41) is 13.9. The second-order valence-electron chi connectivity index (χ2n) is 7.66. The number of benzene rings is 3. The number of halogens is 5. The van der Waals surface area contributed by atoms with E-state index in [4.69, 9.17) is 27.9 Å². The SMILES string of the molecule is O=C1NC(=O)N(c2ccc(Cl)cc2)C(=O)/C1=C/c1cc(Cl)ccc1Oc1ccc(C(F)(F)F)cc1[N+](=O)[O-]. The van der Waals surface area contributed by atoms with Crippen LogP contribution in [-0.4, -0.2) is 22.8 Å². The smallest absolute Gasteiger partial charge is 0.416 e. The first-order valence-electron chi connectivity index (χ1n) is 10.3. The Labute approximate surface area is 221 Å². The highest BCUT2D eigenvalue weighted by atomic mass is 35.5. The van der Waals surface area contributed by atoms with Gasteiger partial charge in [-0.3, -0.25) is 25.0 Å². The van der Waals surface area contributed by atoms with Crippen molar-refractivity contribution in [2.45, 2.75) is 6.18 Å². The Bertz CT molecular complexity index is 1520. The Morgan fingerprint density at radius 2 is 1.55 bits per heavy atom. The number of hydrogen-bond donors (Lipinski definition) is 1. The minimum Gasteiger partial charge on any atom is -0.449 e. The molecule has 0 unspecified atom stereocenters. The van der Waals surface area contributed by atoms with Crippen LogP contribution in [0.25, 0.3) is 6.08 Å². The summed E-state index contributed by atoms with van der Waals surface area (Å²) in [7, 11) is 0. The molecule has 1 N–H and O–H groups in total. The average molecular weight is 566 g/mol. The molecule has 14 heteroatoms. The van der Waals surface area contributed by atoms with Crippen LogP contribution in [0.3, 0.4) is 0 Å². The monoisotopic (exact) mass is 565 g/mol. The van der Waals surface area contributed by atoms with Crippen molar-refractivity contribution in [3.8, 4) is 11.5 Å². The first-order valence-corrected chi connectivity index (χ1v) is 11.1. The zero-order valence-corrected chi connectivity index (χ0v) is 20.1. The van der Waals surface area contributed by atoms with Crippen LogP contribution in [0.15, 0.2) is 66.2 Å². The average Bonchev–Trinajstić information content (AvgIpc) is 2.83. The number of ether oxygens (including phenoxy) is 1. The maximum absolute atomic E-state index is 13.1. The first-order chi connectivity index (χ1) is 17.8. The molecule has 1 saturated heterocycles. The van der Waals surface area contributed by atoms with E-state index < -0.39 is 51.5 Å². The summed E-state index contributed by atoms with van der Waals surface area (Å²) < 4.78 is 44.7. The summed E-state index contributed by atoms with van der Waals surface area (Å²) in [4.78, 5) is 49.1. The van der Waals surface area contributed by atoms with Crippen molar-refractivity contribution in [3.05, 3.63) is 97.5 Å². The van der Waals surface area contributed by atoms with Gasteiger partial charge in [-0.15, -0.1) is 0 Å². The summed E-state index contributed by atoms with van der Waals surface area (Å²) in [5.74, 6) is -2.77. The highest BCUT2D eigenvalue weighted by Gasteiger charge is 2.37. The predicted molar refractivity (Wildman–Crippen MR) is 130 cm³/mol. The molecule has 1 fully saturated rings. The molecule has 0 atom stereocenters. The van der Waals surface area contributed by atoms with Gasteiger partial charge in [-0.05, 0) is 60.7 Å². The van der Waals surface area contributed by atoms with E-state index in [-0.39, 0.29) is 22.0 Å². The number of nitrogens with zero attached hydrogens (tertiary/aromatic N) is 2. The maximum atomic E-state index is 13.1. The summed E-state index contributed by atoms with van der Waals surface area (Å²) in [6.45, 7) is 0. The number of urea groups is 1. The number of alkyl halides is 3. The molecule has 38 heavy (non-hydrogen) atoms. The lowest BCUT2D eigenvalue weighted by Gasteiger charge is -2.26. The van der Waals surface area contributed by atoms with Crippen molar-refractivity contribution >= 4 is 58.5 Å². The molecule has 4 rings (SSSR count). The Balaban J connectivity index is 1.76. The number of nitro benzene ring substituents is 1. The van der Waals surface area contributed by atoms with Gasteiger partial charge in [0, 0.05) is 21.7 Å². The third-order valence-electron chi connectivity index (χ3n) is 5.16. The largest absolute Gasteiger partial charge is 0.449 e. The lowest BCUT2D eigenvalue weighted by Crippen LogP contribution is -2.54. The number of imide groups is 2. The Hall–Kier alpha value is -4.42. The van der Waals surface area contributed by atoms with Gasteiger partial charge in [0.1, 0.15) is 11.3 Å².